The summed E-state index contributed by atoms with van der Waals surface area (Å²) in [4.78, 5) is 43.6. The fraction of sp³-hybridized carbons (Fsp3) is 0.375. The lowest BCUT2D eigenvalue weighted by molar-refractivity contribution is -0.143. The van der Waals surface area contributed by atoms with Crippen molar-refractivity contribution in [2.75, 3.05) is 37.7 Å². The number of hydrogen-bond donors (Lipinski definition) is 0. The highest BCUT2D eigenvalue weighted by Crippen LogP contribution is 2.32. The molecular weight excluding hydrogens is 410 g/mol. The van der Waals surface area contributed by atoms with Crippen LogP contribution in [0.25, 0.3) is 0 Å². The van der Waals surface area contributed by atoms with Gasteiger partial charge in [0.25, 0.3) is 11.8 Å². The number of carbonyl (C=O) groups excluding carboxylic acids is 3. The van der Waals surface area contributed by atoms with Gasteiger partial charge < -0.3 is 14.4 Å². The molecule has 3 aliphatic rings. The molecule has 32 heavy (non-hydrogen) atoms. The van der Waals surface area contributed by atoms with Gasteiger partial charge in [-0.25, -0.2) is 4.90 Å². The summed E-state index contributed by atoms with van der Waals surface area (Å²) in [5, 5.41) is 0. The molecule has 2 aromatic rings. The van der Waals surface area contributed by atoms with Crippen LogP contribution < -0.4 is 14.4 Å². The number of para-hydroxylation sites is 2. The topological polar surface area (TPSA) is 79.4 Å². The third kappa shape index (κ3) is 3.71. The Bertz CT molecular complexity index is 1050. The molecule has 8 heteroatoms. The Morgan fingerprint density at radius 2 is 1.62 bits per heavy atom. The Morgan fingerprint density at radius 3 is 2.34 bits per heavy atom. The number of nitrogens with zero attached hydrogens (tertiary/aromatic N) is 3. The van der Waals surface area contributed by atoms with Crippen molar-refractivity contribution < 1.29 is 23.9 Å². The zero-order valence-corrected chi connectivity index (χ0v) is 17.9. The summed E-state index contributed by atoms with van der Waals surface area (Å²) in [6.45, 7) is 4.15. The molecule has 5 rings (SSSR count). The SMILES string of the molecule is Cc1ccc(N2C(=O)C[C@H](N3CCN(C(=O)[C@H]4COc5ccccc5O4)CC3)C2=O)cc1. The van der Waals surface area contributed by atoms with Crippen molar-refractivity contribution in [3.05, 3.63) is 54.1 Å². The first-order chi connectivity index (χ1) is 15.5. The maximum Gasteiger partial charge on any atom is 0.267 e. The van der Waals surface area contributed by atoms with Crippen LogP contribution in [0, 0.1) is 6.92 Å². The molecule has 3 aliphatic heterocycles. The molecule has 166 valence electrons. The summed E-state index contributed by atoms with van der Waals surface area (Å²) >= 11 is 0. The number of amides is 3. The molecule has 0 radical (unpaired) electrons. The van der Waals surface area contributed by atoms with Crippen LogP contribution in [0.2, 0.25) is 0 Å². The number of aryl methyl sites for hydroxylation is 1. The summed E-state index contributed by atoms with van der Waals surface area (Å²) in [6, 6.07) is 14.2. The quantitative estimate of drug-likeness (QED) is 0.682. The normalized spacial score (nSPS) is 23.5. The zero-order valence-electron chi connectivity index (χ0n) is 17.9. The fourth-order valence-electron chi connectivity index (χ4n) is 4.47. The van der Waals surface area contributed by atoms with Crippen molar-refractivity contribution in [2.45, 2.75) is 25.5 Å². The Balaban J connectivity index is 1.20. The highest BCUT2D eigenvalue weighted by atomic mass is 16.6. The minimum atomic E-state index is -0.678. The molecule has 0 bridgehead atoms. The van der Waals surface area contributed by atoms with Crippen LogP contribution >= 0.6 is 0 Å². The van der Waals surface area contributed by atoms with Gasteiger partial charge in [0.2, 0.25) is 12.0 Å². The van der Waals surface area contributed by atoms with Crippen LogP contribution in [-0.2, 0) is 14.4 Å². The fourth-order valence-corrected chi connectivity index (χ4v) is 4.47. The average molecular weight is 435 g/mol. The maximum absolute atomic E-state index is 13.0. The third-order valence-corrected chi connectivity index (χ3v) is 6.27. The Labute approximate surface area is 186 Å². The van der Waals surface area contributed by atoms with Crippen LogP contribution in [-0.4, -0.2) is 72.5 Å². The first kappa shape index (κ1) is 20.5. The molecule has 0 aliphatic carbocycles. The van der Waals surface area contributed by atoms with E-state index in [9.17, 15) is 14.4 Å². The monoisotopic (exact) mass is 435 g/mol. The summed E-state index contributed by atoms with van der Waals surface area (Å²) in [5.74, 6) is 0.716. The molecule has 0 unspecified atom stereocenters. The summed E-state index contributed by atoms with van der Waals surface area (Å²) < 4.78 is 11.5. The van der Waals surface area contributed by atoms with E-state index in [1.807, 2.05) is 42.2 Å². The number of hydrogen-bond acceptors (Lipinski definition) is 6. The van der Waals surface area contributed by atoms with Gasteiger partial charge in [0.15, 0.2) is 11.5 Å². The number of imide groups is 1. The van der Waals surface area contributed by atoms with Gasteiger partial charge in [0.05, 0.1) is 18.2 Å². The smallest absolute Gasteiger partial charge is 0.267 e. The van der Waals surface area contributed by atoms with E-state index in [2.05, 4.69) is 0 Å². The lowest BCUT2D eigenvalue weighted by Crippen LogP contribution is -2.57. The van der Waals surface area contributed by atoms with Gasteiger partial charge in [-0.2, -0.15) is 0 Å². The van der Waals surface area contributed by atoms with E-state index in [1.54, 1.807) is 23.1 Å². The molecule has 2 atom stereocenters. The van der Waals surface area contributed by atoms with Crippen molar-refractivity contribution >= 4 is 23.4 Å². The number of rotatable bonds is 3. The maximum atomic E-state index is 13.0. The van der Waals surface area contributed by atoms with Crippen LogP contribution in [0.3, 0.4) is 0 Å². The summed E-state index contributed by atoms with van der Waals surface area (Å²) in [6.07, 6.45) is -0.514. The van der Waals surface area contributed by atoms with Crippen molar-refractivity contribution in [3.8, 4) is 11.5 Å². The summed E-state index contributed by atoms with van der Waals surface area (Å²) in [7, 11) is 0. The van der Waals surface area contributed by atoms with Gasteiger partial charge >= 0.3 is 0 Å². The Hall–Kier alpha value is -3.39. The van der Waals surface area contributed by atoms with E-state index < -0.39 is 12.1 Å². The Morgan fingerprint density at radius 1 is 0.938 bits per heavy atom. The molecule has 2 saturated heterocycles. The molecule has 3 amide bonds. The van der Waals surface area contributed by atoms with Crippen LogP contribution in [0.1, 0.15) is 12.0 Å². The molecule has 0 N–H and O–H groups in total. The largest absolute Gasteiger partial charge is 0.485 e. The van der Waals surface area contributed by atoms with Crippen molar-refractivity contribution in [1.82, 2.24) is 9.80 Å². The van der Waals surface area contributed by atoms with Crippen LogP contribution in [0.5, 0.6) is 11.5 Å². The van der Waals surface area contributed by atoms with Gasteiger partial charge in [0, 0.05) is 26.2 Å². The van der Waals surface area contributed by atoms with E-state index in [-0.39, 0.29) is 30.7 Å². The third-order valence-electron chi connectivity index (χ3n) is 6.27. The average Bonchev–Trinajstić information content (AvgIpc) is 3.12. The van der Waals surface area contributed by atoms with E-state index >= 15 is 0 Å². The second-order valence-electron chi connectivity index (χ2n) is 8.35. The standard InChI is InChI=1S/C24H25N3O5/c1-16-6-8-17(9-7-16)27-22(28)14-18(23(27)29)25-10-12-26(13-11-25)24(30)21-15-31-19-4-2-3-5-20(19)32-21/h2-9,18,21H,10-15H2,1H3/t18-,21+/m0/s1. The lowest BCUT2D eigenvalue weighted by Gasteiger charge is -2.38. The van der Waals surface area contributed by atoms with Crippen molar-refractivity contribution in [1.29, 1.82) is 0 Å². The Kier molecular flexibility index (Phi) is 5.30. The molecule has 2 aromatic carbocycles. The zero-order chi connectivity index (χ0) is 22.2. The minimum Gasteiger partial charge on any atom is -0.485 e. The van der Waals surface area contributed by atoms with E-state index in [4.69, 9.17) is 9.47 Å². The first-order valence-electron chi connectivity index (χ1n) is 10.9. The molecule has 2 fully saturated rings. The van der Waals surface area contributed by atoms with E-state index in [0.717, 1.165) is 5.56 Å². The number of benzene rings is 2. The molecule has 3 heterocycles. The van der Waals surface area contributed by atoms with E-state index in [1.165, 1.54) is 4.90 Å². The van der Waals surface area contributed by atoms with Crippen LogP contribution in [0.4, 0.5) is 5.69 Å². The molecule has 0 spiro atoms. The first-order valence-corrected chi connectivity index (χ1v) is 10.9. The van der Waals surface area contributed by atoms with Gasteiger partial charge in [-0.3, -0.25) is 19.3 Å². The number of carbonyl (C=O) groups is 3. The van der Waals surface area contributed by atoms with Gasteiger partial charge in [-0.15, -0.1) is 0 Å². The highest BCUT2D eigenvalue weighted by Gasteiger charge is 2.44. The lowest BCUT2D eigenvalue weighted by atomic mass is 10.1. The van der Waals surface area contributed by atoms with Gasteiger partial charge in [-0.1, -0.05) is 29.8 Å². The van der Waals surface area contributed by atoms with E-state index in [0.29, 0.717) is 43.4 Å². The number of fused-ring (bicyclic) bond motifs is 1. The number of anilines is 1. The summed E-state index contributed by atoms with van der Waals surface area (Å²) in [5.41, 5.74) is 1.68. The molecule has 8 nitrogen and oxygen atoms in total. The predicted octanol–water partition coefficient (Wildman–Crippen LogP) is 1.61. The second-order valence-corrected chi connectivity index (χ2v) is 8.35. The van der Waals surface area contributed by atoms with Gasteiger partial charge in [0.1, 0.15) is 6.61 Å². The number of piperazine rings is 1. The minimum absolute atomic E-state index is 0.116. The predicted molar refractivity (Wildman–Crippen MR) is 117 cm³/mol. The number of ether oxygens (including phenoxy) is 2. The van der Waals surface area contributed by atoms with Crippen molar-refractivity contribution in [3.63, 3.8) is 0 Å². The molecule has 0 saturated carbocycles. The second kappa shape index (κ2) is 8.27. The van der Waals surface area contributed by atoms with Gasteiger partial charge in [-0.05, 0) is 31.2 Å². The highest BCUT2D eigenvalue weighted by molar-refractivity contribution is 6.22. The van der Waals surface area contributed by atoms with Crippen molar-refractivity contribution in [2.24, 2.45) is 0 Å². The molecular formula is C24H25N3O5. The van der Waals surface area contributed by atoms with Crippen LogP contribution in [0.15, 0.2) is 48.5 Å². The molecule has 0 aromatic heterocycles.